The topological polar surface area (TPSA) is 136 Å². The number of fused-ring (bicyclic) bond motifs is 1. The van der Waals surface area contributed by atoms with Gasteiger partial charge < -0.3 is 25.1 Å². The van der Waals surface area contributed by atoms with E-state index in [4.69, 9.17) is 19.5 Å². The summed E-state index contributed by atoms with van der Waals surface area (Å²) in [4.78, 5) is 16.2. The van der Waals surface area contributed by atoms with Crippen molar-refractivity contribution in [3.8, 4) is 5.75 Å². The lowest BCUT2D eigenvalue weighted by atomic mass is 9.93. The molecule has 0 saturated carbocycles. The number of methoxy groups -OCH3 is 1. The summed E-state index contributed by atoms with van der Waals surface area (Å²) < 4.78 is 31.2. The Morgan fingerprint density at radius 2 is 1.60 bits per heavy atom. The number of benzene rings is 3. The van der Waals surface area contributed by atoms with Crippen LogP contribution in [0, 0.1) is 0 Å². The summed E-state index contributed by atoms with van der Waals surface area (Å²) in [5, 5.41) is 14.1. The quantitative estimate of drug-likeness (QED) is 0.0415. The van der Waals surface area contributed by atoms with Gasteiger partial charge in [0.05, 0.1) is 25.9 Å². The first-order valence-corrected chi connectivity index (χ1v) is 18.2. The van der Waals surface area contributed by atoms with E-state index in [0.717, 1.165) is 28.5 Å². The van der Waals surface area contributed by atoms with Crippen molar-refractivity contribution in [1.29, 1.82) is 0 Å². The van der Waals surface area contributed by atoms with Crippen LogP contribution in [0.5, 0.6) is 5.75 Å². The van der Waals surface area contributed by atoms with Crippen molar-refractivity contribution in [3.63, 3.8) is 0 Å². The molecule has 0 aliphatic heterocycles. The second-order valence-electron chi connectivity index (χ2n) is 12.3. The first-order valence-electron chi connectivity index (χ1n) is 16.6. The van der Waals surface area contributed by atoms with Crippen molar-refractivity contribution >= 4 is 24.6 Å². The van der Waals surface area contributed by atoms with Gasteiger partial charge in [-0.15, -0.1) is 0 Å². The third-order valence-electron chi connectivity index (χ3n) is 8.46. The van der Waals surface area contributed by atoms with Gasteiger partial charge in [-0.1, -0.05) is 99.7 Å². The number of hydrogen-bond donors (Lipinski definition) is 4. The Morgan fingerprint density at radius 1 is 0.936 bits per heavy atom. The maximum atomic E-state index is 14.3. The number of esters is 1. The predicted octanol–water partition coefficient (Wildman–Crippen LogP) is 7.27. The number of nitrogens with two attached hydrogens (primary N) is 1. The van der Waals surface area contributed by atoms with E-state index < -0.39 is 31.9 Å². The fraction of sp³-hybridized carbons (Fsp3) is 0.432. The second kappa shape index (κ2) is 18.2. The number of aliphatic hydroxyl groups excluding tert-OH is 1. The molecule has 1 aromatic heterocycles. The van der Waals surface area contributed by atoms with Gasteiger partial charge in [0.25, 0.3) is 0 Å². The van der Waals surface area contributed by atoms with E-state index in [1.807, 2.05) is 30.5 Å². The van der Waals surface area contributed by atoms with E-state index in [0.29, 0.717) is 12.8 Å². The van der Waals surface area contributed by atoms with Gasteiger partial charge >= 0.3 is 13.7 Å². The highest BCUT2D eigenvalue weighted by atomic mass is 31.2. The number of ether oxygens (including phenoxy) is 1. The molecular formula is C37H50N3O6P. The Hall–Kier alpha value is -3.46. The number of hydrogen-bond acceptors (Lipinski definition) is 7. The fourth-order valence-corrected chi connectivity index (χ4v) is 7.12. The molecule has 0 aliphatic carbocycles. The van der Waals surface area contributed by atoms with Crippen LogP contribution in [0.1, 0.15) is 68.6 Å². The standard InChI is InChI=1S/C37H50N3O6P/c1-3-4-5-6-7-9-14-29-19-21-30(22-20-29)23-24-37(38,27-41)28-45-47(43,46-32-15-10-8-11-16-32)40-35(36(42)44-2)25-31-26-39-34-18-13-12-17-33(31)34/h8,10-13,15-22,26,35,39,41H,3-7,9,14,23-25,27-28,38H2,1-2H3,(H,40,43)/t35-,37?,47?/m0/s1. The van der Waals surface area contributed by atoms with Gasteiger partial charge in [-0.3, -0.25) is 9.32 Å². The zero-order chi connectivity index (χ0) is 33.5. The summed E-state index contributed by atoms with van der Waals surface area (Å²) in [7, 11) is -2.96. The highest BCUT2D eigenvalue weighted by Gasteiger charge is 2.37. The summed E-state index contributed by atoms with van der Waals surface area (Å²) in [6, 6.07) is 23.7. The molecule has 3 aromatic carbocycles. The van der Waals surface area contributed by atoms with Crippen LogP contribution < -0.4 is 15.3 Å². The van der Waals surface area contributed by atoms with E-state index in [9.17, 15) is 14.5 Å². The van der Waals surface area contributed by atoms with Crippen molar-refractivity contribution in [1.82, 2.24) is 10.1 Å². The molecule has 254 valence electrons. The van der Waals surface area contributed by atoms with E-state index in [2.05, 4.69) is 41.3 Å². The molecule has 0 saturated heterocycles. The maximum absolute atomic E-state index is 14.3. The monoisotopic (exact) mass is 663 g/mol. The molecule has 3 atom stereocenters. The first-order chi connectivity index (χ1) is 22.8. The molecule has 9 nitrogen and oxygen atoms in total. The highest BCUT2D eigenvalue weighted by molar-refractivity contribution is 7.52. The molecule has 5 N–H and O–H groups in total. The zero-order valence-corrected chi connectivity index (χ0v) is 28.6. The Labute approximate surface area is 278 Å². The largest absolute Gasteiger partial charge is 0.468 e. The molecule has 4 rings (SSSR count). The summed E-state index contributed by atoms with van der Waals surface area (Å²) in [5.74, 6) is -0.344. The number of aromatic amines is 1. The van der Waals surface area contributed by atoms with Crippen LogP contribution in [0.4, 0.5) is 0 Å². The third kappa shape index (κ3) is 11.3. The van der Waals surface area contributed by atoms with Gasteiger partial charge in [0.2, 0.25) is 0 Å². The molecule has 0 spiro atoms. The number of H-pyrrole nitrogens is 1. The van der Waals surface area contributed by atoms with Crippen LogP contribution in [0.15, 0.2) is 85.1 Å². The SMILES string of the molecule is CCCCCCCCc1ccc(CCC(N)(CO)COP(=O)(N[C@@H](Cc2c[nH]c3ccccc23)C(=O)OC)Oc2ccccc2)cc1. The summed E-state index contributed by atoms with van der Waals surface area (Å²) in [5.41, 5.74) is 9.53. The summed E-state index contributed by atoms with van der Waals surface area (Å²) >= 11 is 0. The molecular weight excluding hydrogens is 613 g/mol. The number of unbranched alkanes of at least 4 members (excludes halogenated alkanes) is 5. The normalized spacial score (nSPS) is 14.7. The molecule has 0 radical (unpaired) electrons. The summed E-state index contributed by atoms with van der Waals surface area (Å²) in [6.07, 6.45) is 11.6. The molecule has 0 amide bonds. The van der Waals surface area contributed by atoms with Crippen molar-refractivity contribution in [2.24, 2.45) is 5.73 Å². The zero-order valence-electron chi connectivity index (χ0n) is 27.7. The Bertz CT molecular complexity index is 1560. The Balaban J connectivity index is 1.42. The maximum Gasteiger partial charge on any atom is 0.459 e. The average molecular weight is 664 g/mol. The number of carbonyl (C=O) groups excluding carboxylic acids is 1. The van der Waals surface area contributed by atoms with E-state index >= 15 is 0 Å². The average Bonchev–Trinajstić information content (AvgIpc) is 3.51. The van der Waals surface area contributed by atoms with Crippen molar-refractivity contribution in [2.45, 2.75) is 82.7 Å². The molecule has 0 bridgehead atoms. The minimum Gasteiger partial charge on any atom is -0.468 e. The van der Waals surface area contributed by atoms with Gasteiger partial charge in [-0.2, -0.15) is 5.09 Å². The lowest BCUT2D eigenvalue weighted by Gasteiger charge is -2.30. The third-order valence-corrected chi connectivity index (χ3v) is 10.0. The van der Waals surface area contributed by atoms with Gasteiger partial charge in [-0.25, -0.2) is 4.57 Å². The van der Waals surface area contributed by atoms with Gasteiger partial charge in [-0.05, 0) is 60.6 Å². The number of nitrogens with one attached hydrogen (secondary N) is 2. The lowest BCUT2D eigenvalue weighted by molar-refractivity contribution is -0.142. The number of carbonyl (C=O) groups is 1. The van der Waals surface area contributed by atoms with Crippen molar-refractivity contribution < 1.29 is 28.3 Å². The van der Waals surface area contributed by atoms with Crippen LogP contribution in [0.25, 0.3) is 10.9 Å². The molecule has 1 heterocycles. The first kappa shape index (κ1) is 36.4. The van der Waals surface area contributed by atoms with E-state index in [-0.39, 0.29) is 18.8 Å². The van der Waals surface area contributed by atoms with Crippen LogP contribution in [-0.2, 0) is 37.9 Å². The number of para-hydroxylation sites is 2. The molecule has 0 fully saturated rings. The van der Waals surface area contributed by atoms with Gasteiger partial charge in [0.1, 0.15) is 11.8 Å². The minimum atomic E-state index is -4.23. The highest BCUT2D eigenvalue weighted by Crippen LogP contribution is 2.46. The van der Waals surface area contributed by atoms with Crippen molar-refractivity contribution in [3.05, 3.63) is 102 Å². The smallest absolute Gasteiger partial charge is 0.459 e. The Kier molecular flexibility index (Phi) is 14.1. The fourth-order valence-electron chi connectivity index (χ4n) is 5.53. The van der Waals surface area contributed by atoms with E-state index in [1.165, 1.54) is 51.2 Å². The van der Waals surface area contributed by atoms with Gasteiger partial charge in [0.15, 0.2) is 0 Å². The molecule has 47 heavy (non-hydrogen) atoms. The lowest BCUT2D eigenvalue weighted by Crippen LogP contribution is -2.49. The van der Waals surface area contributed by atoms with Crippen LogP contribution >= 0.6 is 7.75 Å². The number of aromatic nitrogens is 1. The predicted molar refractivity (Wildman–Crippen MR) is 187 cm³/mol. The molecule has 0 aliphatic rings. The Morgan fingerprint density at radius 3 is 2.30 bits per heavy atom. The minimum absolute atomic E-state index is 0.158. The van der Waals surface area contributed by atoms with Crippen LogP contribution in [-0.4, -0.2) is 48.0 Å². The number of aryl methyl sites for hydroxylation is 2. The molecule has 2 unspecified atom stereocenters. The molecule has 10 heteroatoms. The van der Waals surface area contributed by atoms with Crippen molar-refractivity contribution in [2.75, 3.05) is 20.3 Å². The van der Waals surface area contributed by atoms with Crippen LogP contribution in [0.3, 0.4) is 0 Å². The number of rotatable bonds is 21. The molecule has 4 aromatic rings. The van der Waals surface area contributed by atoms with E-state index in [1.54, 1.807) is 30.3 Å². The van der Waals surface area contributed by atoms with Crippen LogP contribution in [0.2, 0.25) is 0 Å². The summed E-state index contributed by atoms with van der Waals surface area (Å²) in [6.45, 7) is 1.55. The van der Waals surface area contributed by atoms with Gasteiger partial charge in [0, 0.05) is 23.5 Å². The number of aliphatic hydroxyl groups is 1. The second-order valence-corrected chi connectivity index (χ2v) is 14.0.